The molecular weight excluding hydrogens is 231 g/mol. The number of ether oxygens (including phenoxy) is 1. The van der Waals surface area contributed by atoms with Gasteiger partial charge in [-0.25, -0.2) is 9.37 Å². The van der Waals surface area contributed by atoms with Crippen LogP contribution in [-0.2, 0) is 6.42 Å². The summed E-state index contributed by atoms with van der Waals surface area (Å²) in [5, 5.41) is 2.98. The van der Waals surface area contributed by atoms with Crippen molar-refractivity contribution in [3.05, 3.63) is 54.0 Å². The van der Waals surface area contributed by atoms with Gasteiger partial charge in [-0.15, -0.1) is 0 Å². The molecule has 0 bridgehead atoms. The summed E-state index contributed by atoms with van der Waals surface area (Å²) >= 11 is 0. The Labute approximate surface area is 105 Å². The van der Waals surface area contributed by atoms with Crippen LogP contribution in [0.3, 0.4) is 0 Å². The van der Waals surface area contributed by atoms with Crippen LogP contribution in [0.4, 0.5) is 10.2 Å². The lowest BCUT2D eigenvalue weighted by Crippen LogP contribution is -2.24. The fourth-order valence-corrected chi connectivity index (χ4v) is 2.09. The van der Waals surface area contributed by atoms with Gasteiger partial charge < -0.3 is 10.1 Å². The van der Waals surface area contributed by atoms with E-state index in [4.69, 9.17) is 4.74 Å². The van der Waals surface area contributed by atoms with E-state index in [9.17, 15) is 4.39 Å². The molecule has 2 heterocycles. The highest BCUT2D eigenvalue weighted by atomic mass is 19.1. The number of fused-ring (bicyclic) bond motifs is 1. The van der Waals surface area contributed by atoms with Gasteiger partial charge in [-0.2, -0.15) is 0 Å². The predicted molar refractivity (Wildman–Crippen MR) is 67.2 cm³/mol. The maximum Gasteiger partial charge on any atom is 0.165 e. The van der Waals surface area contributed by atoms with Gasteiger partial charge in [0.25, 0.3) is 0 Å². The quantitative estimate of drug-likeness (QED) is 0.901. The number of para-hydroxylation sites is 1. The van der Waals surface area contributed by atoms with E-state index in [1.54, 1.807) is 12.3 Å². The summed E-state index contributed by atoms with van der Waals surface area (Å²) < 4.78 is 19.1. The van der Waals surface area contributed by atoms with Crippen LogP contribution in [0.5, 0.6) is 5.75 Å². The van der Waals surface area contributed by atoms with E-state index in [0.29, 0.717) is 6.54 Å². The largest absolute Gasteiger partial charge is 0.488 e. The third kappa shape index (κ3) is 2.14. The maximum absolute atomic E-state index is 13.4. The van der Waals surface area contributed by atoms with E-state index in [1.807, 2.05) is 18.2 Å². The van der Waals surface area contributed by atoms with Gasteiger partial charge >= 0.3 is 0 Å². The molecule has 1 aliphatic heterocycles. The van der Waals surface area contributed by atoms with Crippen LogP contribution in [0.2, 0.25) is 0 Å². The van der Waals surface area contributed by atoms with E-state index in [0.717, 1.165) is 12.2 Å². The van der Waals surface area contributed by atoms with E-state index in [-0.39, 0.29) is 17.7 Å². The lowest BCUT2D eigenvalue weighted by atomic mass is 10.1. The smallest absolute Gasteiger partial charge is 0.165 e. The molecule has 3 rings (SSSR count). The number of halogens is 1. The Kier molecular flexibility index (Phi) is 2.84. The van der Waals surface area contributed by atoms with Crippen molar-refractivity contribution in [2.75, 3.05) is 11.9 Å². The van der Waals surface area contributed by atoms with Crippen molar-refractivity contribution in [3.8, 4) is 5.75 Å². The molecule has 0 aliphatic carbocycles. The average molecular weight is 244 g/mol. The molecule has 1 atom stereocenters. The summed E-state index contributed by atoms with van der Waals surface area (Å²) in [5.74, 6) is 0.857. The van der Waals surface area contributed by atoms with Crippen molar-refractivity contribution in [3.63, 3.8) is 0 Å². The molecule has 0 fully saturated rings. The van der Waals surface area contributed by atoms with Crippen LogP contribution in [-0.4, -0.2) is 17.6 Å². The molecule has 1 aromatic carbocycles. The first-order valence-electron chi connectivity index (χ1n) is 5.92. The highest BCUT2D eigenvalue weighted by Gasteiger charge is 2.22. The Morgan fingerprint density at radius 2 is 2.17 bits per heavy atom. The van der Waals surface area contributed by atoms with Crippen LogP contribution in [0.15, 0.2) is 42.6 Å². The SMILES string of the molecule is Fc1cccnc1NCC1Cc2ccccc2O1. The second kappa shape index (κ2) is 4.64. The van der Waals surface area contributed by atoms with Crippen LogP contribution in [0.1, 0.15) is 5.56 Å². The predicted octanol–water partition coefficient (Wildman–Crippen LogP) is 2.64. The molecule has 0 saturated carbocycles. The third-order valence-electron chi connectivity index (χ3n) is 2.97. The summed E-state index contributed by atoms with van der Waals surface area (Å²) in [6.45, 7) is 0.544. The Balaban J connectivity index is 1.62. The Morgan fingerprint density at radius 3 is 3.00 bits per heavy atom. The molecule has 4 heteroatoms. The maximum atomic E-state index is 13.4. The number of nitrogens with zero attached hydrogens (tertiary/aromatic N) is 1. The highest BCUT2D eigenvalue weighted by molar-refractivity contribution is 5.39. The number of benzene rings is 1. The second-order valence-electron chi connectivity index (χ2n) is 4.27. The fraction of sp³-hybridized carbons (Fsp3) is 0.214. The second-order valence-corrected chi connectivity index (χ2v) is 4.27. The van der Waals surface area contributed by atoms with E-state index < -0.39 is 0 Å². The summed E-state index contributed by atoms with van der Waals surface area (Å²) in [6.07, 6.45) is 2.44. The Bertz CT molecular complexity index is 534. The molecule has 2 aromatic rings. The summed E-state index contributed by atoms with van der Waals surface area (Å²) in [5.41, 5.74) is 1.20. The average Bonchev–Trinajstić information content (AvgIpc) is 2.80. The van der Waals surface area contributed by atoms with Crippen molar-refractivity contribution in [1.29, 1.82) is 0 Å². The number of hydrogen-bond acceptors (Lipinski definition) is 3. The molecule has 1 N–H and O–H groups in total. The fourth-order valence-electron chi connectivity index (χ4n) is 2.09. The van der Waals surface area contributed by atoms with Crippen molar-refractivity contribution in [2.24, 2.45) is 0 Å². The minimum atomic E-state index is -0.340. The number of nitrogens with one attached hydrogen (secondary N) is 1. The van der Waals surface area contributed by atoms with Crippen LogP contribution in [0, 0.1) is 5.82 Å². The van der Waals surface area contributed by atoms with Crippen molar-refractivity contribution in [2.45, 2.75) is 12.5 Å². The zero-order valence-corrected chi connectivity index (χ0v) is 9.77. The van der Waals surface area contributed by atoms with Crippen molar-refractivity contribution < 1.29 is 9.13 Å². The summed E-state index contributed by atoms with van der Waals surface area (Å²) in [7, 11) is 0. The molecule has 18 heavy (non-hydrogen) atoms. The summed E-state index contributed by atoms with van der Waals surface area (Å²) in [6, 6.07) is 10.9. The highest BCUT2D eigenvalue weighted by Crippen LogP contribution is 2.28. The molecule has 1 aromatic heterocycles. The first-order chi connectivity index (χ1) is 8.83. The van der Waals surface area contributed by atoms with Crippen molar-refractivity contribution in [1.82, 2.24) is 4.98 Å². The van der Waals surface area contributed by atoms with Gasteiger partial charge in [0.2, 0.25) is 0 Å². The van der Waals surface area contributed by atoms with Crippen molar-refractivity contribution >= 4 is 5.82 Å². The molecule has 1 aliphatic rings. The normalized spacial score (nSPS) is 17.1. The van der Waals surface area contributed by atoms with Gasteiger partial charge in [0.05, 0.1) is 6.54 Å². The first kappa shape index (κ1) is 11.0. The van der Waals surface area contributed by atoms with E-state index >= 15 is 0 Å². The number of rotatable bonds is 3. The Hall–Kier alpha value is -2.10. The van der Waals surface area contributed by atoms with Gasteiger partial charge in [0, 0.05) is 12.6 Å². The zero-order valence-electron chi connectivity index (χ0n) is 9.77. The third-order valence-corrected chi connectivity index (χ3v) is 2.97. The van der Waals surface area contributed by atoms with Gasteiger partial charge in [-0.05, 0) is 23.8 Å². The molecule has 0 spiro atoms. The number of aromatic nitrogens is 1. The minimum Gasteiger partial charge on any atom is -0.488 e. The van der Waals surface area contributed by atoms with Gasteiger partial charge in [0.15, 0.2) is 11.6 Å². The molecule has 3 nitrogen and oxygen atoms in total. The Morgan fingerprint density at radius 1 is 1.28 bits per heavy atom. The number of anilines is 1. The van der Waals surface area contributed by atoms with Crippen LogP contribution >= 0.6 is 0 Å². The van der Waals surface area contributed by atoms with E-state index in [1.165, 1.54) is 11.6 Å². The molecule has 0 radical (unpaired) electrons. The lowest BCUT2D eigenvalue weighted by Gasteiger charge is -2.12. The molecule has 92 valence electrons. The molecular formula is C14H13FN2O. The van der Waals surface area contributed by atoms with E-state index in [2.05, 4.69) is 16.4 Å². The van der Waals surface area contributed by atoms with Gasteiger partial charge in [-0.1, -0.05) is 18.2 Å². The zero-order chi connectivity index (χ0) is 12.4. The molecule has 1 unspecified atom stereocenters. The van der Waals surface area contributed by atoms with Crippen LogP contribution in [0.25, 0.3) is 0 Å². The molecule has 0 amide bonds. The number of hydrogen-bond donors (Lipinski definition) is 1. The van der Waals surface area contributed by atoms with Gasteiger partial charge in [0.1, 0.15) is 11.9 Å². The lowest BCUT2D eigenvalue weighted by molar-refractivity contribution is 0.246. The minimum absolute atomic E-state index is 0.0313. The first-order valence-corrected chi connectivity index (χ1v) is 5.92. The molecule has 0 saturated heterocycles. The summed E-state index contributed by atoms with van der Waals surface area (Å²) in [4.78, 5) is 3.95. The van der Waals surface area contributed by atoms with Gasteiger partial charge in [-0.3, -0.25) is 0 Å². The van der Waals surface area contributed by atoms with Crippen LogP contribution < -0.4 is 10.1 Å². The standard InChI is InChI=1S/C14H13FN2O/c15-12-5-3-7-16-14(12)17-9-11-8-10-4-1-2-6-13(10)18-11/h1-7,11H,8-9H2,(H,16,17). The monoisotopic (exact) mass is 244 g/mol. The topological polar surface area (TPSA) is 34.2 Å². The number of pyridine rings is 1.